The van der Waals surface area contributed by atoms with Crippen molar-refractivity contribution >= 4 is 28.8 Å². The third-order valence-corrected chi connectivity index (χ3v) is 3.81. The molecule has 0 fully saturated rings. The van der Waals surface area contributed by atoms with Gasteiger partial charge in [0.1, 0.15) is 11.4 Å². The van der Waals surface area contributed by atoms with Gasteiger partial charge in [-0.25, -0.2) is 10.4 Å². The van der Waals surface area contributed by atoms with Gasteiger partial charge >= 0.3 is 0 Å². The van der Waals surface area contributed by atoms with Crippen LogP contribution in [0.4, 0.5) is 5.69 Å². The number of nitrogens with one attached hydrogen (secondary N) is 2. The molecule has 0 aliphatic carbocycles. The molecule has 1 heterocycles. The molecule has 142 valence electrons. The highest BCUT2D eigenvalue weighted by molar-refractivity contribution is 5.86. The van der Waals surface area contributed by atoms with E-state index in [1.54, 1.807) is 24.3 Å². The molecule has 3 rings (SSSR count). The van der Waals surface area contributed by atoms with E-state index in [-0.39, 0.29) is 17.8 Å². The van der Waals surface area contributed by atoms with Crippen LogP contribution in [0.2, 0.25) is 0 Å². The number of para-hydroxylation sites is 2. The zero-order valence-corrected chi connectivity index (χ0v) is 14.7. The van der Waals surface area contributed by atoms with E-state index in [1.165, 1.54) is 31.5 Å². The number of methoxy groups -OCH3 is 1. The number of nitro benzene ring substituents is 1. The molecule has 28 heavy (non-hydrogen) atoms. The molecule has 0 bridgehead atoms. The Balaban J connectivity index is 1.72. The lowest BCUT2D eigenvalue weighted by atomic mass is 10.2. The summed E-state index contributed by atoms with van der Waals surface area (Å²) in [4.78, 5) is 41.3. The standard InChI is InChI=1S/C18H15N5O5/c1-28-16-7-6-12(23(26)27)8-11(16)10-19-22-17(24)9-15-18(25)21-14-5-3-2-4-13(14)20-15/h2-8,10H,9H2,1H3,(H,21,25)(H,22,24)/b19-10+. The fraction of sp³-hybridized carbons (Fsp3) is 0.111. The molecule has 0 radical (unpaired) electrons. The summed E-state index contributed by atoms with van der Waals surface area (Å²) < 4.78 is 5.11. The largest absolute Gasteiger partial charge is 0.496 e. The molecule has 0 atom stereocenters. The van der Waals surface area contributed by atoms with Gasteiger partial charge in [-0.2, -0.15) is 5.10 Å². The molecule has 0 aliphatic heterocycles. The topological polar surface area (TPSA) is 140 Å². The lowest BCUT2D eigenvalue weighted by molar-refractivity contribution is -0.384. The van der Waals surface area contributed by atoms with Crippen LogP contribution >= 0.6 is 0 Å². The van der Waals surface area contributed by atoms with Gasteiger partial charge in [-0.3, -0.25) is 19.7 Å². The number of carbonyl (C=O) groups is 1. The summed E-state index contributed by atoms with van der Waals surface area (Å²) >= 11 is 0. The van der Waals surface area contributed by atoms with E-state index < -0.39 is 16.4 Å². The maximum absolute atomic E-state index is 12.1. The van der Waals surface area contributed by atoms with Crippen LogP contribution in [-0.4, -0.2) is 34.1 Å². The summed E-state index contributed by atoms with van der Waals surface area (Å²) in [5, 5.41) is 14.6. The van der Waals surface area contributed by atoms with Crippen LogP contribution in [0.5, 0.6) is 5.75 Å². The number of nitrogens with zero attached hydrogens (tertiary/aromatic N) is 3. The molecule has 10 heteroatoms. The number of ether oxygens (including phenoxy) is 1. The predicted octanol–water partition coefficient (Wildman–Crippen LogP) is 1.53. The Morgan fingerprint density at radius 1 is 1.36 bits per heavy atom. The van der Waals surface area contributed by atoms with E-state index in [0.29, 0.717) is 22.3 Å². The van der Waals surface area contributed by atoms with Crippen molar-refractivity contribution in [2.75, 3.05) is 7.11 Å². The van der Waals surface area contributed by atoms with Gasteiger partial charge in [0, 0.05) is 17.7 Å². The van der Waals surface area contributed by atoms with Gasteiger partial charge in [0.15, 0.2) is 0 Å². The van der Waals surface area contributed by atoms with E-state index in [4.69, 9.17) is 4.74 Å². The Kier molecular flexibility index (Phi) is 5.40. The molecule has 1 amide bonds. The predicted molar refractivity (Wildman–Crippen MR) is 101 cm³/mol. The average Bonchev–Trinajstić information content (AvgIpc) is 2.68. The second-order valence-corrected chi connectivity index (χ2v) is 5.68. The molecule has 0 unspecified atom stereocenters. The second-order valence-electron chi connectivity index (χ2n) is 5.68. The van der Waals surface area contributed by atoms with E-state index in [2.05, 4.69) is 20.5 Å². The Bertz CT molecular complexity index is 1140. The van der Waals surface area contributed by atoms with Crippen LogP contribution in [0.3, 0.4) is 0 Å². The summed E-state index contributed by atoms with van der Waals surface area (Å²) in [6.07, 6.45) is 0.950. The van der Waals surface area contributed by atoms with Crippen LogP contribution in [0.25, 0.3) is 11.0 Å². The fourth-order valence-electron chi connectivity index (χ4n) is 2.49. The Morgan fingerprint density at radius 2 is 2.14 bits per heavy atom. The van der Waals surface area contributed by atoms with Crippen molar-refractivity contribution in [3.05, 3.63) is 74.2 Å². The van der Waals surface area contributed by atoms with Crippen molar-refractivity contribution in [2.45, 2.75) is 6.42 Å². The lowest BCUT2D eigenvalue weighted by Gasteiger charge is -2.04. The number of hydrogen-bond donors (Lipinski definition) is 2. The van der Waals surface area contributed by atoms with Gasteiger partial charge in [0.05, 0.1) is 35.7 Å². The number of carbonyl (C=O) groups excluding carboxylic acids is 1. The van der Waals surface area contributed by atoms with Gasteiger partial charge in [0.2, 0.25) is 5.91 Å². The fourth-order valence-corrected chi connectivity index (χ4v) is 2.49. The van der Waals surface area contributed by atoms with E-state index in [1.807, 2.05) is 0 Å². The molecule has 3 aromatic rings. The van der Waals surface area contributed by atoms with Gasteiger partial charge < -0.3 is 9.72 Å². The maximum atomic E-state index is 12.1. The number of fused-ring (bicyclic) bond motifs is 1. The SMILES string of the molecule is COc1ccc([N+](=O)[O-])cc1/C=N/NC(=O)Cc1nc2ccccc2[nH]c1=O. The normalized spacial score (nSPS) is 10.9. The van der Waals surface area contributed by atoms with Crippen LogP contribution in [-0.2, 0) is 11.2 Å². The minimum atomic E-state index is -0.561. The molecule has 1 aromatic heterocycles. The van der Waals surface area contributed by atoms with Crippen molar-refractivity contribution in [2.24, 2.45) is 5.10 Å². The number of hydrazone groups is 1. The number of hydrogen-bond acceptors (Lipinski definition) is 7. The van der Waals surface area contributed by atoms with Crippen molar-refractivity contribution in [3.63, 3.8) is 0 Å². The van der Waals surface area contributed by atoms with E-state index in [0.717, 1.165) is 0 Å². The highest BCUT2D eigenvalue weighted by Gasteiger charge is 2.11. The lowest BCUT2D eigenvalue weighted by Crippen LogP contribution is -2.25. The first kappa shape index (κ1) is 18.7. The van der Waals surface area contributed by atoms with E-state index >= 15 is 0 Å². The summed E-state index contributed by atoms with van der Waals surface area (Å²) in [6, 6.07) is 11.0. The number of nitro groups is 1. The Morgan fingerprint density at radius 3 is 2.89 bits per heavy atom. The molecular weight excluding hydrogens is 366 g/mol. The number of H-pyrrole nitrogens is 1. The highest BCUT2D eigenvalue weighted by atomic mass is 16.6. The summed E-state index contributed by atoms with van der Waals surface area (Å²) in [5.74, 6) is -0.204. The third kappa shape index (κ3) is 4.18. The molecule has 0 aliphatic rings. The third-order valence-electron chi connectivity index (χ3n) is 3.81. The highest BCUT2D eigenvalue weighted by Crippen LogP contribution is 2.22. The summed E-state index contributed by atoms with van der Waals surface area (Å²) in [5.41, 5.74) is 3.18. The molecule has 0 saturated carbocycles. The summed E-state index contributed by atoms with van der Waals surface area (Å²) in [6.45, 7) is 0. The molecule has 0 saturated heterocycles. The van der Waals surface area contributed by atoms with Crippen molar-refractivity contribution in [1.82, 2.24) is 15.4 Å². The van der Waals surface area contributed by atoms with Crippen LogP contribution < -0.4 is 15.7 Å². The van der Waals surface area contributed by atoms with Gasteiger partial charge in [-0.1, -0.05) is 12.1 Å². The van der Waals surface area contributed by atoms with E-state index in [9.17, 15) is 19.7 Å². The molecular formula is C18H15N5O5. The molecule has 2 aromatic carbocycles. The van der Waals surface area contributed by atoms with Crippen LogP contribution in [0.15, 0.2) is 52.4 Å². The minimum Gasteiger partial charge on any atom is -0.496 e. The van der Waals surface area contributed by atoms with Crippen molar-refractivity contribution < 1.29 is 14.5 Å². The van der Waals surface area contributed by atoms with Crippen LogP contribution in [0.1, 0.15) is 11.3 Å². The summed E-state index contributed by atoms with van der Waals surface area (Å²) in [7, 11) is 1.41. The van der Waals surface area contributed by atoms with Gasteiger partial charge in [-0.05, 0) is 18.2 Å². The van der Waals surface area contributed by atoms with Gasteiger partial charge in [-0.15, -0.1) is 0 Å². The zero-order valence-electron chi connectivity index (χ0n) is 14.7. The number of benzene rings is 2. The minimum absolute atomic E-state index is 0.0549. The first-order valence-electron chi connectivity index (χ1n) is 8.10. The van der Waals surface area contributed by atoms with Crippen LogP contribution in [0, 0.1) is 10.1 Å². The second kappa shape index (κ2) is 8.08. The monoisotopic (exact) mass is 381 g/mol. The smallest absolute Gasteiger partial charge is 0.270 e. The first-order valence-corrected chi connectivity index (χ1v) is 8.10. The average molecular weight is 381 g/mol. The van der Waals surface area contributed by atoms with Crippen molar-refractivity contribution in [3.8, 4) is 5.75 Å². The molecule has 10 nitrogen and oxygen atoms in total. The quantitative estimate of drug-likeness (QED) is 0.377. The Hall–Kier alpha value is -4.08. The number of aromatic amines is 1. The molecule has 2 N–H and O–H groups in total. The number of amides is 1. The number of rotatable bonds is 6. The number of non-ortho nitro benzene ring substituents is 1. The Labute approximate surface area is 158 Å². The van der Waals surface area contributed by atoms with Gasteiger partial charge in [0.25, 0.3) is 11.2 Å². The first-order chi connectivity index (χ1) is 13.5. The van der Waals surface area contributed by atoms with Crippen molar-refractivity contribution in [1.29, 1.82) is 0 Å². The maximum Gasteiger partial charge on any atom is 0.270 e. The zero-order chi connectivity index (χ0) is 20.1. The molecule has 0 spiro atoms. The number of aromatic nitrogens is 2.